The van der Waals surface area contributed by atoms with Gasteiger partial charge < -0.3 is 4.90 Å². The van der Waals surface area contributed by atoms with Crippen LogP contribution in [0.15, 0.2) is 71.8 Å². The van der Waals surface area contributed by atoms with E-state index in [4.69, 9.17) is 0 Å². The highest BCUT2D eigenvalue weighted by molar-refractivity contribution is 7.92. The molecule has 0 radical (unpaired) electrons. The van der Waals surface area contributed by atoms with Gasteiger partial charge in [-0.2, -0.15) is 0 Å². The Morgan fingerprint density at radius 2 is 1.68 bits per heavy atom. The summed E-state index contributed by atoms with van der Waals surface area (Å²) >= 11 is 0. The lowest BCUT2D eigenvalue weighted by molar-refractivity contribution is 0.249. The number of halogens is 2. The molecular formula is C22H22F2N4O2S. The quantitative estimate of drug-likeness (QED) is 0.631. The van der Waals surface area contributed by atoms with Crippen LogP contribution in [0.3, 0.4) is 0 Å². The second-order valence-electron chi connectivity index (χ2n) is 7.33. The summed E-state index contributed by atoms with van der Waals surface area (Å²) in [6.45, 7) is 4.32. The fourth-order valence-electron chi connectivity index (χ4n) is 3.52. The van der Waals surface area contributed by atoms with E-state index < -0.39 is 26.6 Å². The molecule has 0 unspecified atom stereocenters. The van der Waals surface area contributed by atoms with Crippen LogP contribution in [0, 0.1) is 11.6 Å². The fourth-order valence-corrected chi connectivity index (χ4v) is 4.63. The number of benzene rings is 2. The van der Waals surface area contributed by atoms with E-state index >= 15 is 0 Å². The maximum atomic E-state index is 13.8. The summed E-state index contributed by atoms with van der Waals surface area (Å²) in [4.78, 5) is 8.38. The monoisotopic (exact) mass is 444 g/mol. The number of hydrogen-bond acceptors (Lipinski definition) is 5. The molecule has 31 heavy (non-hydrogen) atoms. The van der Waals surface area contributed by atoms with Crippen LogP contribution in [0.1, 0.15) is 5.56 Å². The zero-order valence-corrected chi connectivity index (χ0v) is 17.5. The molecule has 1 aromatic heterocycles. The largest absolute Gasteiger partial charge is 0.354 e. The summed E-state index contributed by atoms with van der Waals surface area (Å²) in [7, 11) is -4.15. The highest BCUT2D eigenvalue weighted by Gasteiger charge is 2.20. The van der Waals surface area contributed by atoms with E-state index in [2.05, 4.69) is 19.5 Å². The molecule has 0 spiro atoms. The van der Waals surface area contributed by atoms with Crippen molar-refractivity contribution in [3.8, 4) is 0 Å². The summed E-state index contributed by atoms with van der Waals surface area (Å²) in [6.07, 6.45) is 1.79. The SMILES string of the molecule is O=S(=O)(Nc1ccc(CN2CCN(c3ccccn3)CC2)cc1)c1ccc(F)cc1F. The van der Waals surface area contributed by atoms with E-state index in [-0.39, 0.29) is 0 Å². The van der Waals surface area contributed by atoms with Gasteiger partial charge >= 0.3 is 0 Å². The Bertz CT molecular complexity index is 1130. The molecule has 4 rings (SSSR count). The van der Waals surface area contributed by atoms with Gasteiger partial charge in [0.2, 0.25) is 0 Å². The highest BCUT2D eigenvalue weighted by atomic mass is 32.2. The standard InChI is InChI=1S/C22H22F2N4O2S/c23-18-6-9-21(20(24)15-18)31(29,30)26-19-7-4-17(5-8-19)16-27-11-13-28(14-12-27)22-3-1-2-10-25-22/h1-10,15,26H,11-14,16H2. The Morgan fingerprint density at radius 1 is 0.935 bits per heavy atom. The van der Waals surface area contributed by atoms with E-state index in [0.29, 0.717) is 11.8 Å². The maximum absolute atomic E-state index is 13.8. The molecule has 1 saturated heterocycles. The number of pyridine rings is 1. The van der Waals surface area contributed by atoms with E-state index in [0.717, 1.165) is 56.2 Å². The van der Waals surface area contributed by atoms with E-state index in [9.17, 15) is 17.2 Å². The fraction of sp³-hybridized carbons (Fsp3) is 0.227. The van der Waals surface area contributed by atoms with Crippen LogP contribution in [0.2, 0.25) is 0 Å². The molecule has 1 aliphatic heterocycles. The third kappa shape index (κ3) is 5.18. The van der Waals surface area contributed by atoms with Crippen LogP contribution in [0.25, 0.3) is 0 Å². The van der Waals surface area contributed by atoms with Gasteiger partial charge in [0, 0.05) is 50.7 Å². The topological polar surface area (TPSA) is 65.5 Å². The Hall–Kier alpha value is -3.04. The van der Waals surface area contributed by atoms with Gasteiger partial charge in [0.25, 0.3) is 10.0 Å². The first kappa shape index (κ1) is 21.2. The first-order chi connectivity index (χ1) is 14.9. The van der Waals surface area contributed by atoms with E-state index in [1.165, 1.54) is 0 Å². The third-order valence-corrected chi connectivity index (χ3v) is 6.56. The average Bonchev–Trinajstić information content (AvgIpc) is 2.76. The van der Waals surface area contributed by atoms with E-state index in [1.807, 2.05) is 30.3 Å². The molecule has 9 heteroatoms. The lowest BCUT2D eigenvalue weighted by atomic mass is 10.2. The molecule has 1 N–H and O–H groups in total. The summed E-state index contributed by atoms with van der Waals surface area (Å²) in [5, 5.41) is 0. The van der Waals surface area contributed by atoms with Gasteiger partial charge in [-0.15, -0.1) is 0 Å². The molecule has 6 nitrogen and oxygen atoms in total. The molecule has 2 heterocycles. The molecule has 2 aromatic carbocycles. The number of piperazine rings is 1. The number of sulfonamides is 1. The minimum Gasteiger partial charge on any atom is -0.354 e. The van der Waals surface area contributed by atoms with Gasteiger partial charge in [-0.1, -0.05) is 18.2 Å². The van der Waals surface area contributed by atoms with Crippen molar-refractivity contribution in [3.63, 3.8) is 0 Å². The molecule has 0 aliphatic carbocycles. The Balaban J connectivity index is 1.34. The van der Waals surface area contributed by atoms with Crippen LogP contribution in [0.5, 0.6) is 0 Å². The van der Waals surface area contributed by atoms with Gasteiger partial charge in [0.15, 0.2) is 0 Å². The summed E-state index contributed by atoms with van der Waals surface area (Å²) in [5.41, 5.74) is 1.36. The molecule has 1 fully saturated rings. The van der Waals surface area contributed by atoms with Crippen molar-refractivity contribution in [2.24, 2.45) is 0 Å². The molecule has 162 valence electrons. The molecule has 1 aliphatic rings. The third-order valence-electron chi connectivity index (χ3n) is 5.14. The van der Waals surface area contributed by atoms with Gasteiger partial charge in [-0.05, 0) is 42.0 Å². The van der Waals surface area contributed by atoms with Crippen LogP contribution in [0.4, 0.5) is 20.3 Å². The Kier molecular flexibility index (Phi) is 6.15. The molecule has 0 bridgehead atoms. The predicted octanol–water partition coefficient (Wildman–Crippen LogP) is 3.48. The van der Waals surface area contributed by atoms with Crippen molar-refractivity contribution in [1.82, 2.24) is 9.88 Å². The van der Waals surface area contributed by atoms with Crippen LogP contribution in [-0.4, -0.2) is 44.5 Å². The van der Waals surface area contributed by atoms with E-state index in [1.54, 1.807) is 18.3 Å². The number of hydrogen-bond donors (Lipinski definition) is 1. The first-order valence-corrected chi connectivity index (χ1v) is 11.3. The van der Waals surface area contributed by atoms with Crippen LogP contribution >= 0.6 is 0 Å². The highest BCUT2D eigenvalue weighted by Crippen LogP contribution is 2.21. The first-order valence-electron chi connectivity index (χ1n) is 9.86. The second-order valence-corrected chi connectivity index (χ2v) is 8.98. The number of rotatable bonds is 6. The van der Waals surface area contributed by atoms with Crippen molar-refractivity contribution in [2.45, 2.75) is 11.4 Å². The summed E-state index contributed by atoms with van der Waals surface area (Å²) in [6, 6.07) is 15.2. The van der Waals surface area contributed by atoms with Crippen molar-refractivity contribution in [2.75, 3.05) is 35.8 Å². The van der Waals surface area contributed by atoms with Crippen LogP contribution in [-0.2, 0) is 16.6 Å². The molecule has 0 atom stereocenters. The predicted molar refractivity (Wildman–Crippen MR) is 115 cm³/mol. The lowest BCUT2D eigenvalue weighted by Crippen LogP contribution is -2.46. The number of aromatic nitrogens is 1. The Morgan fingerprint density at radius 3 is 2.32 bits per heavy atom. The van der Waals surface area contributed by atoms with Crippen LogP contribution < -0.4 is 9.62 Å². The minimum atomic E-state index is -4.15. The van der Waals surface area contributed by atoms with Crippen molar-refractivity contribution >= 4 is 21.5 Å². The average molecular weight is 445 g/mol. The molecule has 0 saturated carbocycles. The van der Waals surface area contributed by atoms with Crippen molar-refractivity contribution in [1.29, 1.82) is 0 Å². The Labute approximate surface area is 180 Å². The molecule has 0 amide bonds. The normalized spacial score (nSPS) is 15.1. The van der Waals surface area contributed by atoms with Crippen molar-refractivity contribution < 1.29 is 17.2 Å². The zero-order valence-electron chi connectivity index (χ0n) is 16.7. The number of nitrogens with one attached hydrogen (secondary N) is 1. The number of nitrogens with zero attached hydrogens (tertiary/aromatic N) is 3. The molecule has 3 aromatic rings. The van der Waals surface area contributed by atoms with Gasteiger partial charge in [-0.25, -0.2) is 22.2 Å². The van der Waals surface area contributed by atoms with Gasteiger partial charge in [0.1, 0.15) is 22.3 Å². The lowest BCUT2D eigenvalue weighted by Gasteiger charge is -2.35. The minimum absolute atomic E-state index is 0.312. The van der Waals surface area contributed by atoms with Gasteiger partial charge in [-0.3, -0.25) is 9.62 Å². The second kappa shape index (κ2) is 8.99. The number of anilines is 2. The summed E-state index contributed by atoms with van der Waals surface area (Å²) in [5.74, 6) is -0.980. The molecular weight excluding hydrogens is 422 g/mol. The zero-order chi connectivity index (χ0) is 21.8. The smallest absolute Gasteiger partial charge is 0.264 e. The van der Waals surface area contributed by atoms with Crippen molar-refractivity contribution in [3.05, 3.63) is 84.1 Å². The maximum Gasteiger partial charge on any atom is 0.264 e. The summed E-state index contributed by atoms with van der Waals surface area (Å²) < 4.78 is 54.0. The van der Waals surface area contributed by atoms with Gasteiger partial charge in [0.05, 0.1) is 0 Å².